The highest BCUT2D eigenvalue weighted by Crippen LogP contribution is 2.37. The van der Waals surface area contributed by atoms with Crippen LogP contribution in [-0.2, 0) is 0 Å². The summed E-state index contributed by atoms with van der Waals surface area (Å²) in [6.07, 6.45) is 1.78. The molecule has 3 heteroatoms. The number of hydrogen-bond donors (Lipinski definition) is 0. The summed E-state index contributed by atoms with van der Waals surface area (Å²) in [7, 11) is 1.60. The van der Waals surface area contributed by atoms with Crippen LogP contribution >= 0.6 is 0 Å². The first-order valence-electron chi connectivity index (χ1n) is 8.44. The first kappa shape index (κ1) is 16.2. The standard InChI is InChI=1S/C23H18O3/c1-15-12-19(25-2)14-20-22(15)23(24)21(26-20)13-16-8-10-18(11-9-16)17-6-4-3-5-7-17/h3-14H,1-2H3/b21-13-. The van der Waals surface area contributed by atoms with Crippen LogP contribution in [0.15, 0.2) is 72.5 Å². The molecule has 0 atom stereocenters. The minimum Gasteiger partial charge on any atom is -0.497 e. The fourth-order valence-corrected chi connectivity index (χ4v) is 3.15. The number of carbonyl (C=O) groups is 1. The van der Waals surface area contributed by atoms with Gasteiger partial charge in [0.15, 0.2) is 5.76 Å². The van der Waals surface area contributed by atoms with Gasteiger partial charge in [0.2, 0.25) is 5.78 Å². The summed E-state index contributed by atoms with van der Waals surface area (Å²) in [6.45, 7) is 1.89. The molecule has 1 aliphatic rings. The minimum absolute atomic E-state index is 0.0905. The summed E-state index contributed by atoms with van der Waals surface area (Å²) < 4.78 is 11.0. The number of aryl methyl sites for hydroxylation is 1. The Kier molecular flexibility index (Phi) is 4.05. The maximum atomic E-state index is 12.7. The Morgan fingerprint density at radius 1 is 0.923 bits per heavy atom. The van der Waals surface area contributed by atoms with Gasteiger partial charge in [-0.2, -0.15) is 0 Å². The van der Waals surface area contributed by atoms with E-state index in [0.29, 0.717) is 22.8 Å². The van der Waals surface area contributed by atoms with Gasteiger partial charge in [0.05, 0.1) is 12.7 Å². The van der Waals surface area contributed by atoms with Gasteiger partial charge in [-0.05, 0) is 41.3 Å². The average Bonchev–Trinajstić information content (AvgIpc) is 2.99. The van der Waals surface area contributed by atoms with Crippen molar-refractivity contribution in [3.8, 4) is 22.6 Å². The molecule has 0 saturated carbocycles. The average molecular weight is 342 g/mol. The van der Waals surface area contributed by atoms with E-state index < -0.39 is 0 Å². The smallest absolute Gasteiger partial charge is 0.232 e. The van der Waals surface area contributed by atoms with E-state index in [1.807, 2.05) is 55.5 Å². The van der Waals surface area contributed by atoms with E-state index in [-0.39, 0.29) is 5.78 Å². The molecule has 0 spiro atoms. The van der Waals surface area contributed by atoms with E-state index in [9.17, 15) is 4.79 Å². The molecule has 128 valence electrons. The van der Waals surface area contributed by atoms with Crippen LogP contribution in [0.25, 0.3) is 17.2 Å². The van der Waals surface area contributed by atoms with Gasteiger partial charge in [-0.3, -0.25) is 4.79 Å². The van der Waals surface area contributed by atoms with Crippen molar-refractivity contribution in [2.45, 2.75) is 6.92 Å². The van der Waals surface area contributed by atoms with Crippen LogP contribution in [0.4, 0.5) is 0 Å². The molecule has 0 bridgehead atoms. The molecule has 1 heterocycles. The number of fused-ring (bicyclic) bond motifs is 1. The maximum Gasteiger partial charge on any atom is 0.232 e. The van der Waals surface area contributed by atoms with Crippen LogP contribution < -0.4 is 9.47 Å². The normalized spacial score (nSPS) is 14.2. The number of allylic oxidation sites excluding steroid dienone is 1. The molecule has 0 amide bonds. The Morgan fingerprint density at radius 2 is 1.62 bits per heavy atom. The van der Waals surface area contributed by atoms with Crippen molar-refractivity contribution < 1.29 is 14.3 Å². The first-order chi connectivity index (χ1) is 12.7. The SMILES string of the molecule is COc1cc(C)c2c(c1)O/C(=C\c1ccc(-c3ccccc3)cc1)C2=O. The molecule has 26 heavy (non-hydrogen) atoms. The largest absolute Gasteiger partial charge is 0.497 e. The third-order valence-electron chi connectivity index (χ3n) is 4.49. The van der Waals surface area contributed by atoms with E-state index in [0.717, 1.165) is 22.3 Å². The molecule has 0 aromatic heterocycles. The van der Waals surface area contributed by atoms with Crippen LogP contribution in [-0.4, -0.2) is 12.9 Å². The molecule has 0 radical (unpaired) electrons. The van der Waals surface area contributed by atoms with Crippen LogP contribution in [0.5, 0.6) is 11.5 Å². The van der Waals surface area contributed by atoms with E-state index in [4.69, 9.17) is 9.47 Å². The quantitative estimate of drug-likeness (QED) is 0.607. The Hall–Kier alpha value is -3.33. The van der Waals surface area contributed by atoms with Gasteiger partial charge in [0.25, 0.3) is 0 Å². The summed E-state index contributed by atoms with van der Waals surface area (Å²) >= 11 is 0. The van der Waals surface area contributed by atoms with Gasteiger partial charge in [-0.1, -0.05) is 54.6 Å². The Morgan fingerprint density at radius 3 is 2.31 bits per heavy atom. The van der Waals surface area contributed by atoms with Crippen molar-refractivity contribution in [3.05, 3.63) is 89.2 Å². The summed E-state index contributed by atoms with van der Waals surface area (Å²) in [5, 5.41) is 0. The number of carbonyl (C=O) groups excluding carboxylic acids is 1. The minimum atomic E-state index is -0.0905. The van der Waals surface area contributed by atoms with E-state index >= 15 is 0 Å². The summed E-state index contributed by atoms with van der Waals surface area (Å²) in [4.78, 5) is 12.7. The topological polar surface area (TPSA) is 35.5 Å². The predicted octanol–water partition coefficient (Wildman–Crippen LogP) is 5.29. The molecule has 0 saturated heterocycles. The molecule has 3 nitrogen and oxygen atoms in total. The molecule has 0 fully saturated rings. The Balaban J connectivity index is 1.63. The van der Waals surface area contributed by atoms with Gasteiger partial charge in [-0.15, -0.1) is 0 Å². The first-order valence-corrected chi connectivity index (χ1v) is 8.44. The van der Waals surface area contributed by atoms with Crippen LogP contribution in [0.3, 0.4) is 0 Å². The number of hydrogen-bond acceptors (Lipinski definition) is 3. The fraction of sp³-hybridized carbons (Fsp3) is 0.0870. The molecule has 4 rings (SSSR count). The summed E-state index contributed by atoms with van der Waals surface area (Å²) in [6, 6.07) is 21.8. The number of methoxy groups -OCH3 is 1. The zero-order valence-corrected chi connectivity index (χ0v) is 14.7. The number of ketones is 1. The van der Waals surface area contributed by atoms with Gasteiger partial charge >= 0.3 is 0 Å². The highest BCUT2D eigenvalue weighted by atomic mass is 16.5. The second-order valence-corrected chi connectivity index (χ2v) is 6.25. The third kappa shape index (κ3) is 2.88. The molecular formula is C23H18O3. The molecule has 3 aromatic rings. The van der Waals surface area contributed by atoms with Gasteiger partial charge in [-0.25, -0.2) is 0 Å². The molecule has 0 unspecified atom stereocenters. The maximum absolute atomic E-state index is 12.7. The van der Waals surface area contributed by atoms with E-state index in [1.54, 1.807) is 19.3 Å². The summed E-state index contributed by atoms with van der Waals surface area (Å²) in [5.74, 6) is 1.48. The Bertz CT molecular complexity index is 1000. The molecule has 1 aliphatic heterocycles. The zero-order valence-electron chi connectivity index (χ0n) is 14.7. The van der Waals surface area contributed by atoms with E-state index in [1.165, 1.54) is 0 Å². The van der Waals surface area contributed by atoms with Crippen molar-refractivity contribution in [1.82, 2.24) is 0 Å². The molecule has 0 aliphatic carbocycles. The van der Waals surface area contributed by atoms with Crippen molar-refractivity contribution >= 4 is 11.9 Å². The number of rotatable bonds is 3. The molecule has 0 N–H and O–H groups in total. The van der Waals surface area contributed by atoms with Gasteiger partial charge in [0.1, 0.15) is 11.5 Å². The lowest BCUT2D eigenvalue weighted by Gasteiger charge is -2.04. The lowest BCUT2D eigenvalue weighted by atomic mass is 10.0. The highest BCUT2D eigenvalue weighted by Gasteiger charge is 2.29. The van der Waals surface area contributed by atoms with Crippen molar-refractivity contribution in [2.75, 3.05) is 7.11 Å². The van der Waals surface area contributed by atoms with Crippen molar-refractivity contribution in [1.29, 1.82) is 0 Å². The lowest BCUT2D eigenvalue weighted by molar-refractivity contribution is 0.101. The van der Waals surface area contributed by atoms with Gasteiger partial charge < -0.3 is 9.47 Å². The van der Waals surface area contributed by atoms with Crippen LogP contribution in [0.2, 0.25) is 0 Å². The zero-order chi connectivity index (χ0) is 18.1. The number of Topliss-reactive ketones (excluding diaryl/α,β-unsaturated/α-hetero) is 1. The Labute approximate surface area is 152 Å². The van der Waals surface area contributed by atoms with Crippen molar-refractivity contribution in [3.63, 3.8) is 0 Å². The highest BCUT2D eigenvalue weighted by molar-refractivity contribution is 6.15. The van der Waals surface area contributed by atoms with Crippen molar-refractivity contribution in [2.24, 2.45) is 0 Å². The fourth-order valence-electron chi connectivity index (χ4n) is 3.15. The monoisotopic (exact) mass is 342 g/mol. The molecule has 3 aromatic carbocycles. The number of benzene rings is 3. The predicted molar refractivity (Wildman–Crippen MR) is 103 cm³/mol. The lowest BCUT2D eigenvalue weighted by Crippen LogP contribution is -1.99. The summed E-state index contributed by atoms with van der Waals surface area (Å²) in [5.41, 5.74) is 4.68. The van der Waals surface area contributed by atoms with Crippen LogP contribution in [0, 0.1) is 6.92 Å². The van der Waals surface area contributed by atoms with E-state index in [2.05, 4.69) is 12.1 Å². The molecular weight excluding hydrogens is 324 g/mol. The number of ether oxygens (including phenoxy) is 2. The second-order valence-electron chi connectivity index (χ2n) is 6.25. The third-order valence-corrected chi connectivity index (χ3v) is 4.49. The van der Waals surface area contributed by atoms with Gasteiger partial charge in [0, 0.05) is 6.07 Å². The second kappa shape index (κ2) is 6.52. The van der Waals surface area contributed by atoms with Crippen LogP contribution in [0.1, 0.15) is 21.5 Å².